The van der Waals surface area contributed by atoms with Crippen LogP contribution in [-0.2, 0) is 10.0 Å². The number of sulfonamides is 1. The second-order valence-electron chi connectivity index (χ2n) is 5.40. The first kappa shape index (κ1) is 15.3. The van der Waals surface area contributed by atoms with Gasteiger partial charge in [-0.3, -0.25) is 0 Å². The zero-order chi connectivity index (χ0) is 14.6. The molecular formula is C14H23N3O2S. The van der Waals surface area contributed by atoms with Crippen LogP contribution in [0.15, 0.2) is 29.2 Å². The molecule has 0 aromatic heterocycles. The van der Waals surface area contributed by atoms with Crippen LogP contribution in [0, 0.1) is 0 Å². The number of nitrogens with two attached hydrogens (primary N) is 1. The number of hydrogen-bond donors (Lipinski definition) is 3. The maximum Gasteiger partial charge on any atom is 0.240 e. The highest BCUT2D eigenvalue weighted by Crippen LogP contribution is 2.31. The zero-order valence-corrected chi connectivity index (χ0v) is 12.7. The number of anilines is 1. The van der Waals surface area contributed by atoms with E-state index in [1.165, 1.54) is 26.3 Å². The average molecular weight is 297 g/mol. The fourth-order valence-corrected chi connectivity index (χ4v) is 3.48. The van der Waals surface area contributed by atoms with Crippen LogP contribution in [0.25, 0.3) is 0 Å². The van der Waals surface area contributed by atoms with Crippen LogP contribution in [0.4, 0.5) is 5.69 Å². The Morgan fingerprint density at radius 2 is 1.75 bits per heavy atom. The van der Waals surface area contributed by atoms with E-state index in [1.807, 2.05) is 0 Å². The molecule has 6 heteroatoms. The van der Waals surface area contributed by atoms with Gasteiger partial charge in [0.2, 0.25) is 10.0 Å². The van der Waals surface area contributed by atoms with Crippen molar-refractivity contribution in [2.75, 3.05) is 18.9 Å². The van der Waals surface area contributed by atoms with Crippen LogP contribution < -0.4 is 15.8 Å². The van der Waals surface area contributed by atoms with Gasteiger partial charge < -0.3 is 11.1 Å². The molecule has 1 fully saturated rings. The number of hydrogen-bond acceptors (Lipinski definition) is 4. The van der Waals surface area contributed by atoms with Gasteiger partial charge in [0, 0.05) is 17.8 Å². The van der Waals surface area contributed by atoms with Crippen molar-refractivity contribution in [2.24, 2.45) is 5.73 Å². The van der Waals surface area contributed by atoms with Gasteiger partial charge in [0.15, 0.2) is 0 Å². The Hall–Kier alpha value is -1.11. The molecule has 1 aliphatic rings. The lowest BCUT2D eigenvalue weighted by molar-refractivity contribution is 0.331. The van der Waals surface area contributed by atoms with Crippen molar-refractivity contribution in [3.63, 3.8) is 0 Å². The summed E-state index contributed by atoms with van der Waals surface area (Å²) in [6, 6.07) is 6.83. The summed E-state index contributed by atoms with van der Waals surface area (Å²) in [4.78, 5) is 0.274. The molecule has 0 spiro atoms. The standard InChI is InChI=1S/C14H23N3O2S/c1-16-20(18,19)13-7-5-12(6-8-13)17-14(11-15)9-3-2-4-10-14/h5-8,16-17H,2-4,9-11,15H2,1H3. The van der Waals surface area contributed by atoms with Crippen LogP contribution in [0.1, 0.15) is 32.1 Å². The molecule has 1 aromatic rings. The number of nitrogens with one attached hydrogen (secondary N) is 2. The van der Waals surface area contributed by atoms with Crippen molar-refractivity contribution in [3.8, 4) is 0 Å². The minimum absolute atomic E-state index is 0.0400. The Morgan fingerprint density at radius 3 is 2.25 bits per heavy atom. The lowest BCUT2D eigenvalue weighted by Gasteiger charge is -2.38. The summed E-state index contributed by atoms with van der Waals surface area (Å²) < 4.78 is 25.6. The van der Waals surface area contributed by atoms with Crippen molar-refractivity contribution < 1.29 is 8.42 Å². The third-order valence-electron chi connectivity index (χ3n) is 4.04. The largest absolute Gasteiger partial charge is 0.378 e. The molecule has 1 aromatic carbocycles. The summed E-state index contributed by atoms with van der Waals surface area (Å²) in [5, 5.41) is 3.50. The molecule has 5 nitrogen and oxygen atoms in total. The molecule has 0 atom stereocenters. The van der Waals surface area contributed by atoms with Gasteiger partial charge in [0.1, 0.15) is 0 Å². The highest BCUT2D eigenvalue weighted by atomic mass is 32.2. The summed E-state index contributed by atoms with van der Waals surface area (Å²) in [7, 11) is -1.96. The van der Waals surface area contributed by atoms with E-state index in [-0.39, 0.29) is 10.4 Å². The van der Waals surface area contributed by atoms with Crippen LogP contribution in [0.2, 0.25) is 0 Å². The van der Waals surface area contributed by atoms with E-state index >= 15 is 0 Å². The molecule has 1 aliphatic carbocycles. The zero-order valence-electron chi connectivity index (χ0n) is 11.9. The topological polar surface area (TPSA) is 84.2 Å². The van der Waals surface area contributed by atoms with Gasteiger partial charge in [-0.1, -0.05) is 19.3 Å². The third kappa shape index (κ3) is 3.31. The smallest absolute Gasteiger partial charge is 0.240 e. The first-order valence-corrected chi connectivity index (χ1v) is 8.52. The molecule has 0 saturated heterocycles. The molecule has 4 N–H and O–H groups in total. The summed E-state index contributed by atoms with van der Waals surface area (Å²) in [6.45, 7) is 0.601. The Labute approximate surface area is 121 Å². The minimum Gasteiger partial charge on any atom is -0.378 e. The Kier molecular flexibility index (Phi) is 4.67. The van der Waals surface area contributed by atoms with Gasteiger partial charge in [0.05, 0.1) is 4.90 Å². The van der Waals surface area contributed by atoms with Crippen LogP contribution in [0.3, 0.4) is 0 Å². The fourth-order valence-electron chi connectivity index (χ4n) is 2.75. The van der Waals surface area contributed by atoms with Crippen LogP contribution in [-0.4, -0.2) is 27.5 Å². The van der Waals surface area contributed by atoms with Gasteiger partial charge in [0.25, 0.3) is 0 Å². The molecule has 112 valence electrons. The summed E-state index contributed by atoms with van der Waals surface area (Å²) in [6.07, 6.45) is 5.79. The van der Waals surface area contributed by atoms with Crippen LogP contribution >= 0.6 is 0 Å². The Bertz CT molecular complexity index is 534. The fraction of sp³-hybridized carbons (Fsp3) is 0.571. The normalized spacial score (nSPS) is 18.7. The van der Waals surface area contributed by atoms with E-state index in [9.17, 15) is 8.42 Å². The van der Waals surface area contributed by atoms with Gasteiger partial charge in [-0.25, -0.2) is 13.1 Å². The number of benzene rings is 1. The van der Waals surface area contributed by atoms with E-state index in [0.717, 1.165) is 18.5 Å². The molecular weight excluding hydrogens is 274 g/mol. The summed E-state index contributed by atoms with van der Waals surface area (Å²) >= 11 is 0. The molecule has 0 amide bonds. The second kappa shape index (κ2) is 6.11. The van der Waals surface area contributed by atoms with Crippen molar-refractivity contribution >= 4 is 15.7 Å². The first-order chi connectivity index (χ1) is 9.51. The van der Waals surface area contributed by atoms with E-state index in [4.69, 9.17) is 5.73 Å². The van der Waals surface area contributed by atoms with E-state index in [0.29, 0.717) is 6.54 Å². The van der Waals surface area contributed by atoms with Crippen molar-refractivity contribution in [1.29, 1.82) is 0 Å². The van der Waals surface area contributed by atoms with Crippen LogP contribution in [0.5, 0.6) is 0 Å². The maximum atomic E-state index is 11.7. The Morgan fingerprint density at radius 1 is 1.15 bits per heavy atom. The third-order valence-corrected chi connectivity index (χ3v) is 5.47. The van der Waals surface area contributed by atoms with E-state index < -0.39 is 10.0 Å². The minimum atomic E-state index is -3.37. The van der Waals surface area contributed by atoms with Crippen molar-refractivity contribution in [2.45, 2.75) is 42.5 Å². The van der Waals surface area contributed by atoms with Gasteiger partial charge >= 0.3 is 0 Å². The quantitative estimate of drug-likeness (QED) is 0.772. The second-order valence-corrected chi connectivity index (χ2v) is 7.29. The van der Waals surface area contributed by atoms with Crippen molar-refractivity contribution in [1.82, 2.24) is 4.72 Å². The van der Waals surface area contributed by atoms with Crippen molar-refractivity contribution in [3.05, 3.63) is 24.3 Å². The summed E-state index contributed by atoms with van der Waals surface area (Å²) in [5.41, 5.74) is 6.82. The SMILES string of the molecule is CNS(=O)(=O)c1ccc(NC2(CN)CCCCC2)cc1. The highest BCUT2D eigenvalue weighted by molar-refractivity contribution is 7.89. The number of rotatable bonds is 5. The van der Waals surface area contributed by atoms with E-state index in [1.54, 1.807) is 24.3 Å². The molecule has 20 heavy (non-hydrogen) atoms. The summed E-state index contributed by atoms with van der Waals surface area (Å²) in [5.74, 6) is 0. The molecule has 0 bridgehead atoms. The lowest BCUT2D eigenvalue weighted by atomic mass is 9.81. The first-order valence-electron chi connectivity index (χ1n) is 7.03. The van der Waals surface area contributed by atoms with Gasteiger partial charge in [-0.2, -0.15) is 0 Å². The Balaban J connectivity index is 2.14. The predicted octanol–water partition coefficient (Wildman–Crippen LogP) is 1.67. The predicted molar refractivity (Wildman–Crippen MR) is 81.2 cm³/mol. The monoisotopic (exact) mass is 297 g/mol. The molecule has 0 unspecified atom stereocenters. The molecule has 0 heterocycles. The maximum absolute atomic E-state index is 11.7. The molecule has 0 radical (unpaired) electrons. The molecule has 2 rings (SSSR count). The highest BCUT2D eigenvalue weighted by Gasteiger charge is 2.30. The van der Waals surface area contributed by atoms with Gasteiger partial charge in [-0.05, 0) is 44.2 Å². The van der Waals surface area contributed by atoms with E-state index in [2.05, 4.69) is 10.0 Å². The average Bonchev–Trinajstić information content (AvgIpc) is 2.49. The lowest BCUT2D eigenvalue weighted by Crippen LogP contribution is -2.46. The molecule has 0 aliphatic heterocycles. The van der Waals surface area contributed by atoms with Gasteiger partial charge in [-0.15, -0.1) is 0 Å². The molecule has 1 saturated carbocycles.